The Morgan fingerprint density at radius 1 is 1.53 bits per heavy atom. The van der Waals surface area contributed by atoms with Crippen LogP contribution in [0, 0.1) is 0 Å². The molecule has 0 unspecified atom stereocenters. The molecule has 0 spiro atoms. The molecule has 78 valence electrons. The number of carbonyl (C=O) groups is 1. The van der Waals surface area contributed by atoms with Crippen molar-refractivity contribution in [3.63, 3.8) is 0 Å². The molecule has 0 amide bonds. The molecule has 0 atom stereocenters. The molecular formula is C9H7ClN2OS2. The number of nitrogens with two attached hydrogens (primary N) is 1. The van der Waals surface area contributed by atoms with Crippen LogP contribution in [0.4, 0.5) is 0 Å². The third-order valence-electron chi connectivity index (χ3n) is 1.76. The minimum absolute atomic E-state index is 0.0946. The average molecular weight is 259 g/mol. The van der Waals surface area contributed by atoms with Gasteiger partial charge < -0.3 is 5.73 Å². The molecule has 0 aliphatic rings. The molecular weight excluding hydrogens is 252 g/mol. The molecule has 0 aliphatic carbocycles. The van der Waals surface area contributed by atoms with E-state index in [2.05, 4.69) is 4.98 Å². The van der Waals surface area contributed by atoms with Gasteiger partial charge in [0.2, 0.25) is 5.78 Å². The monoisotopic (exact) mass is 258 g/mol. The third-order valence-corrected chi connectivity index (χ3v) is 3.86. The first-order chi connectivity index (χ1) is 7.20. The highest BCUT2D eigenvalue weighted by atomic mass is 35.5. The first-order valence-corrected chi connectivity index (χ1v) is 6.22. The number of thiazole rings is 1. The summed E-state index contributed by atoms with van der Waals surface area (Å²) in [6.45, 7) is 0.364. The lowest BCUT2D eigenvalue weighted by molar-refractivity contribution is 0.103. The number of rotatable bonds is 3. The van der Waals surface area contributed by atoms with E-state index >= 15 is 0 Å². The van der Waals surface area contributed by atoms with Crippen molar-refractivity contribution in [2.24, 2.45) is 5.73 Å². The summed E-state index contributed by atoms with van der Waals surface area (Å²) < 4.78 is 0.604. The summed E-state index contributed by atoms with van der Waals surface area (Å²) >= 11 is 8.40. The van der Waals surface area contributed by atoms with E-state index in [4.69, 9.17) is 17.3 Å². The summed E-state index contributed by atoms with van der Waals surface area (Å²) in [5.74, 6) is -0.0946. The van der Waals surface area contributed by atoms with Crippen molar-refractivity contribution < 1.29 is 4.79 Å². The van der Waals surface area contributed by atoms with Gasteiger partial charge in [0.25, 0.3) is 0 Å². The Morgan fingerprint density at radius 3 is 2.87 bits per heavy atom. The van der Waals surface area contributed by atoms with Gasteiger partial charge in [-0.25, -0.2) is 4.98 Å². The maximum atomic E-state index is 11.8. The Bertz CT molecular complexity index is 492. The van der Waals surface area contributed by atoms with E-state index in [-0.39, 0.29) is 5.78 Å². The fourth-order valence-corrected chi connectivity index (χ4v) is 2.72. The molecule has 0 aromatic carbocycles. The van der Waals surface area contributed by atoms with Gasteiger partial charge in [0.1, 0.15) is 10.7 Å². The van der Waals surface area contributed by atoms with Crippen molar-refractivity contribution >= 4 is 40.1 Å². The summed E-state index contributed by atoms with van der Waals surface area (Å²) in [5.41, 5.74) is 5.87. The second-order valence-corrected chi connectivity index (χ2v) is 5.42. The summed E-state index contributed by atoms with van der Waals surface area (Å²) in [6, 6.07) is 3.41. The summed E-state index contributed by atoms with van der Waals surface area (Å²) in [7, 11) is 0. The summed E-state index contributed by atoms with van der Waals surface area (Å²) in [4.78, 5) is 16.6. The highest BCUT2D eigenvalue weighted by Gasteiger charge is 2.14. The molecule has 2 N–H and O–H groups in total. The number of aromatic nitrogens is 1. The van der Waals surface area contributed by atoms with Crippen LogP contribution in [0.25, 0.3) is 0 Å². The van der Waals surface area contributed by atoms with Gasteiger partial charge in [-0.15, -0.1) is 22.7 Å². The zero-order valence-corrected chi connectivity index (χ0v) is 9.96. The average Bonchev–Trinajstić information content (AvgIpc) is 2.84. The first kappa shape index (κ1) is 10.8. The van der Waals surface area contributed by atoms with Crippen LogP contribution in [0.3, 0.4) is 0 Å². The number of ketones is 1. The van der Waals surface area contributed by atoms with Gasteiger partial charge in [-0.3, -0.25) is 4.79 Å². The van der Waals surface area contributed by atoms with E-state index in [1.807, 2.05) is 0 Å². The number of hydrogen-bond donors (Lipinski definition) is 1. The Balaban J connectivity index is 2.28. The second kappa shape index (κ2) is 4.40. The number of thiophene rings is 1. The molecule has 15 heavy (non-hydrogen) atoms. The van der Waals surface area contributed by atoms with Crippen molar-refractivity contribution in [2.45, 2.75) is 6.54 Å². The number of nitrogens with zero attached hydrogens (tertiary/aromatic N) is 1. The van der Waals surface area contributed by atoms with Crippen LogP contribution in [0.2, 0.25) is 4.34 Å². The largest absolute Gasteiger partial charge is 0.325 e. The van der Waals surface area contributed by atoms with Crippen LogP contribution in [-0.4, -0.2) is 10.8 Å². The zero-order chi connectivity index (χ0) is 10.8. The Labute approximate surface area is 99.5 Å². The molecule has 3 nitrogen and oxygen atoms in total. The third kappa shape index (κ3) is 2.26. The maximum absolute atomic E-state index is 11.8. The molecule has 0 radical (unpaired) electrons. The van der Waals surface area contributed by atoms with E-state index in [0.717, 1.165) is 5.01 Å². The van der Waals surface area contributed by atoms with Crippen molar-refractivity contribution in [3.05, 3.63) is 37.4 Å². The lowest BCUT2D eigenvalue weighted by atomic mass is 10.2. The molecule has 0 saturated heterocycles. The molecule has 2 aromatic heterocycles. The maximum Gasteiger partial charge on any atom is 0.222 e. The van der Waals surface area contributed by atoms with Gasteiger partial charge >= 0.3 is 0 Å². The van der Waals surface area contributed by atoms with Gasteiger partial charge in [0.15, 0.2) is 0 Å². The van der Waals surface area contributed by atoms with E-state index in [1.54, 1.807) is 17.5 Å². The van der Waals surface area contributed by atoms with E-state index in [0.29, 0.717) is 21.5 Å². The SMILES string of the molecule is NCc1nc(C(=O)c2ccc(Cl)s2)cs1. The molecule has 0 aliphatic heterocycles. The predicted octanol–water partition coefficient (Wildman–Crippen LogP) is 2.55. The number of hydrogen-bond acceptors (Lipinski definition) is 5. The lowest BCUT2D eigenvalue weighted by Gasteiger charge is -1.90. The second-order valence-electron chi connectivity index (χ2n) is 2.76. The summed E-state index contributed by atoms with van der Waals surface area (Å²) in [5, 5.41) is 2.49. The van der Waals surface area contributed by atoms with Crippen LogP contribution < -0.4 is 5.73 Å². The molecule has 0 fully saturated rings. The van der Waals surface area contributed by atoms with Crippen molar-refractivity contribution in [1.82, 2.24) is 4.98 Å². The van der Waals surface area contributed by atoms with Gasteiger partial charge in [-0.2, -0.15) is 0 Å². The molecule has 6 heteroatoms. The smallest absolute Gasteiger partial charge is 0.222 e. The van der Waals surface area contributed by atoms with Crippen molar-refractivity contribution in [2.75, 3.05) is 0 Å². The van der Waals surface area contributed by atoms with E-state index in [9.17, 15) is 4.79 Å². The normalized spacial score (nSPS) is 10.5. The van der Waals surface area contributed by atoms with Gasteiger partial charge in [-0.05, 0) is 12.1 Å². The molecule has 2 rings (SSSR count). The van der Waals surface area contributed by atoms with Crippen molar-refractivity contribution in [3.8, 4) is 0 Å². The Kier molecular flexibility index (Phi) is 3.16. The van der Waals surface area contributed by atoms with Crippen LogP contribution in [0.5, 0.6) is 0 Å². The quantitative estimate of drug-likeness (QED) is 0.861. The van der Waals surface area contributed by atoms with Crippen LogP contribution in [0.1, 0.15) is 20.4 Å². The molecule has 0 saturated carbocycles. The Morgan fingerprint density at radius 2 is 2.33 bits per heavy atom. The Hall–Kier alpha value is -0.750. The predicted molar refractivity (Wildman–Crippen MR) is 62.8 cm³/mol. The van der Waals surface area contributed by atoms with Gasteiger partial charge in [0.05, 0.1) is 9.21 Å². The minimum atomic E-state index is -0.0946. The fraction of sp³-hybridized carbons (Fsp3) is 0.111. The van der Waals surface area contributed by atoms with Crippen molar-refractivity contribution in [1.29, 1.82) is 0 Å². The minimum Gasteiger partial charge on any atom is -0.325 e. The standard InChI is InChI=1S/C9H7ClN2OS2/c10-7-2-1-6(15-7)9(13)5-4-14-8(3-11)12-5/h1-2,4H,3,11H2. The highest BCUT2D eigenvalue weighted by molar-refractivity contribution is 7.18. The van der Waals surface area contributed by atoms with Gasteiger partial charge in [-0.1, -0.05) is 11.6 Å². The summed E-state index contributed by atoms with van der Waals surface area (Å²) in [6.07, 6.45) is 0. The fourth-order valence-electron chi connectivity index (χ4n) is 1.07. The topological polar surface area (TPSA) is 56.0 Å². The highest BCUT2D eigenvalue weighted by Crippen LogP contribution is 2.24. The molecule has 2 aromatic rings. The van der Waals surface area contributed by atoms with Gasteiger partial charge in [0, 0.05) is 11.9 Å². The van der Waals surface area contributed by atoms with Crippen LogP contribution in [0.15, 0.2) is 17.5 Å². The van der Waals surface area contributed by atoms with Crippen LogP contribution in [-0.2, 0) is 6.54 Å². The number of carbonyl (C=O) groups excluding carboxylic acids is 1. The molecule has 2 heterocycles. The zero-order valence-electron chi connectivity index (χ0n) is 7.57. The lowest BCUT2D eigenvalue weighted by Crippen LogP contribution is -2.01. The molecule has 0 bridgehead atoms. The van der Waals surface area contributed by atoms with Crippen LogP contribution >= 0.6 is 34.3 Å². The first-order valence-electron chi connectivity index (χ1n) is 4.15. The van der Waals surface area contributed by atoms with E-state index < -0.39 is 0 Å². The van der Waals surface area contributed by atoms with E-state index in [1.165, 1.54) is 22.7 Å². The number of halogens is 1.